The van der Waals surface area contributed by atoms with E-state index in [0.29, 0.717) is 12.3 Å². The average Bonchev–Trinajstić information content (AvgIpc) is 2.86. The molecule has 1 heterocycles. The zero-order valence-electron chi connectivity index (χ0n) is 21.1. The quantitative estimate of drug-likeness (QED) is 0.196. The fraction of sp³-hybridized carbons (Fsp3) is 0.621. The van der Waals surface area contributed by atoms with E-state index in [1.54, 1.807) is 7.11 Å². The minimum absolute atomic E-state index is 0.320. The van der Waals surface area contributed by atoms with Crippen molar-refractivity contribution in [1.82, 2.24) is 4.90 Å². The van der Waals surface area contributed by atoms with Crippen molar-refractivity contribution in [2.75, 3.05) is 38.2 Å². The van der Waals surface area contributed by atoms with Crippen LogP contribution in [0.1, 0.15) is 84.0 Å². The number of amides is 1. The summed E-state index contributed by atoms with van der Waals surface area (Å²) in [5.74, 6) is 1.22. The number of nitrogens with zero attached hydrogens (tertiary/aromatic N) is 2. The van der Waals surface area contributed by atoms with E-state index in [1.807, 2.05) is 23.1 Å². The molecule has 0 spiro atoms. The second-order valence-corrected chi connectivity index (χ2v) is 9.02. The van der Waals surface area contributed by atoms with Crippen molar-refractivity contribution in [2.45, 2.75) is 84.0 Å². The highest BCUT2D eigenvalue weighted by Gasteiger charge is 2.22. The third-order valence-electron chi connectivity index (χ3n) is 6.40. The largest absolute Gasteiger partial charge is 0.495 e. The molecule has 0 radical (unpaired) electrons. The molecule has 33 heavy (non-hydrogen) atoms. The number of methoxy groups -OCH3 is 1. The molecule has 1 amide bonds. The summed E-state index contributed by atoms with van der Waals surface area (Å²) in [4.78, 5) is 16.9. The van der Waals surface area contributed by atoms with Gasteiger partial charge in [0.25, 0.3) is 0 Å². The predicted molar refractivity (Wildman–Crippen MR) is 141 cm³/mol. The van der Waals surface area contributed by atoms with Crippen LogP contribution in [0.3, 0.4) is 0 Å². The molecule has 0 atom stereocenters. The zero-order chi connectivity index (χ0) is 23.6. The zero-order valence-corrected chi connectivity index (χ0v) is 21.1. The van der Waals surface area contributed by atoms with E-state index in [9.17, 15) is 4.79 Å². The molecule has 1 aromatic carbocycles. The van der Waals surface area contributed by atoms with Gasteiger partial charge in [-0.1, -0.05) is 75.5 Å². The molecular weight excluding hydrogens is 408 g/mol. The van der Waals surface area contributed by atoms with Crippen LogP contribution in [-0.2, 0) is 4.79 Å². The Morgan fingerprint density at radius 3 is 2.18 bits per heavy atom. The number of rotatable bonds is 16. The summed E-state index contributed by atoms with van der Waals surface area (Å²) in [7, 11) is 1.71. The van der Waals surface area contributed by atoms with Gasteiger partial charge in [-0.3, -0.25) is 4.79 Å². The number of para-hydroxylation sites is 2. The topological polar surface area (TPSA) is 32.8 Å². The van der Waals surface area contributed by atoms with Crippen molar-refractivity contribution in [3.63, 3.8) is 0 Å². The van der Waals surface area contributed by atoms with Gasteiger partial charge in [-0.2, -0.15) is 0 Å². The summed E-state index contributed by atoms with van der Waals surface area (Å²) in [5, 5.41) is 0. The van der Waals surface area contributed by atoms with Gasteiger partial charge >= 0.3 is 0 Å². The minimum atomic E-state index is 0.320. The van der Waals surface area contributed by atoms with Gasteiger partial charge in [-0.25, -0.2) is 0 Å². The van der Waals surface area contributed by atoms with Crippen LogP contribution in [0.5, 0.6) is 5.75 Å². The van der Waals surface area contributed by atoms with Crippen LogP contribution < -0.4 is 9.64 Å². The van der Waals surface area contributed by atoms with Crippen LogP contribution in [0.4, 0.5) is 5.69 Å². The molecule has 4 nitrogen and oxygen atoms in total. The number of carbonyl (C=O) groups excluding carboxylic acids is 1. The number of anilines is 1. The van der Waals surface area contributed by atoms with E-state index >= 15 is 0 Å². The van der Waals surface area contributed by atoms with E-state index in [1.165, 1.54) is 51.4 Å². The van der Waals surface area contributed by atoms with E-state index in [0.717, 1.165) is 56.9 Å². The Labute approximate surface area is 202 Å². The first-order chi connectivity index (χ1) is 16.3. The Kier molecular flexibility index (Phi) is 14.1. The highest BCUT2D eigenvalue weighted by Crippen LogP contribution is 2.28. The fourth-order valence-corrected chi connectivity index (χ4v) is 4.33. The first-order valence-electron chi connectivity index (χ1n) is 13.2. The van der Waals surface area contributed by atoms with Gasteiger partial charge in [0.2, 0.25) is 5.91 Å². The molecule has 0 bridgehead atoms. The lowest BCUT2D eigenvalue weighted by Crippen LogP contribution is -2.48. The van der Waals surface area contributed by atoms with Crippen LogP contribution in [0, 0.1) is 0 Å². The number of benzene rings is 1. The number of hydrogen-bond acceptors (Lipinski definition) is 3. The summed E-state index contributed by atoms with van der Waals surface area (Å²) in [5.41, 5.74) is 1.13. The van der Waals surface area contributed by atoms with Crippen LogP contribution in [0.25, 0.3) is 0 Å². The van der Waals surface area contributed by atoms with E-state index in [-0.39, 0.29) is 0 Å². The Bertz CT molecular complexity index is 705. The van der Waals surface area contributed by atoms with Crippen molar-refractivity contribution in [3.05, 3.63) is 48.6 Å². The Hall–Kier alpha value is -2.23. The normalized spacial score (nSPS) is 14.5. The molecule has 4 heteroatoms. The summed E-state index contributed by atoms with van der Waals surface area (Å²) in [6, 6.07) is 8.13. The molecule has 0 aromatic heterocycles. The first-order valence-corrected chi connectivity index (χ1v) is 13.2. The van der Waals surface area contributed by atoms with Crippen LogP contribution in [0.2, 0.25) is 0 Å². The molecule has 1 aromatic rings. The van der Waals surface area contributed by atoms with Crippen molar-refractivity contribution in [1.29, 1.82) is 0 Å². The van der Waals surface area contributed by atoms with Crippen molar-refractivity contribution in [2.24, 2.45) is 0 Å². The molecular formula is C29H46N2O2. The maximum atomic E-state index is 12.6. The van der Waals surface area contributed by atoms with Gasteiger partial charge in [0.15, 0.2) is 0 Å². The van der Waals surface area contributed by atoms with E-state index in [4.69, 9.17) is 4.74 Å². The maximum Gasteiger partial charge on any atom is 0.222 e. The molecule has 0 N–H and O–H groups in total. The monoisotopic (exact) mass is 454 g/mol. The molecule has 2 rings (SSSR count). The molecule has 0 saturated carbocycles. The van der Waals surface area contributed by atoms with Gasteiger partial charge in [0.1, 0.15) is 5.75 Å². The molecule has 1 aliphatic rings. The van der Waals surface area contributed by atoms with E-state index in [2.05, 4.69) is 42.2 Å². The van der Waals surface area contributed by atoms with Gasteiger partial charge in [0.05, 0.1) is 12.8 Å². The van der Waals surface area contributed by atoms with Crippen LogP contribution in [-0.4, -0.2) is 44.1 Å². The van der Waals surface area contributed by atoms with Crippen molar-refractivity contribution < 1.29 is 9.53 Å². The summed E-state index contributed by atoms with van der Waals surface area (Å²) in [6.45, 7) is 5.59. The fourth-order valence-electron chi connectivity index (χ4n) is 4.33. The number of ether oxygens (including phenoxy) is 1. The van der Waals surface area contributed by atoms with Gasteiger partial charge < -0.3 is 14.5 Å². The number of hydrogen-bond donors (Lipinski definition) is 0. The van der Waals surface area contributed by atoms with E-state index < -0.39 is 0 Å². The average molecular weight is 455 g/mol. The Morgan fingerprint density at radius 1 is 0.848 bits per heavy atom. The third kappa shape index (κ3) is 11.0. The summed E-state index contributed by atoms with van der Waals surface area (Å²) in [6.07, 6.45) is 23.3. The van der Waals surface area contributed by atoms with Gasteiger partial charge in [-0.15, -0.1) is 0 Å². The lowest BCUT2D eigenvalue weighted by Gasteiger charge is -2.36. The summed E-state index contributed by atoms with van der Waals surface area (Å²) >= 11 is 0. The second kappa shape index (κ2) is 17.3. The maximum absolute atomic E-state index is 12.6. The molecule has 0 aliphatic carbocycles. The number of allylic oxidation sites excluding steroid dienone is 4. The number of unbranched alkanes of at least 4 members (excludes halogenated alkanes) is 8. The number of carbonyl (C=O) groups is 1. The molecule has 1 aliphatic heterocycles. The third-order valence-corrected chi connectivity index (χ3v) is 6.40. The molecule has 1 fully saturated rings. The van der Waals surface area contributed by atoms with Gasteiger partial charge in [0, 0.05) is 32.6 Å². The SMILES string of the molecule is CCCCC/C=C\C/C=C\CCCCCCCC(=O)N1CCN(c2ccccc2OC)CC1. The van der Waals surface area contributed by atoms with Crippen molar-refractivity contribution >= 4 is 11.6 Å². The first kappa shape index (κ1) is 27.0. The lowest BCUT2D eigenvalue weighted by atomic mass is 10.1. The molecule has 0 unspecified atom stereocenters. The molecule has 184 valence electrons. The Morgan fingerprint density at radius 2 is 1.48 bits per heavy atom. The predicted octanol–water partition coefficient (Wildman–Crippen LogP) is 7.16. The van der Waals surface area contributed by atoms with Crippen LogP contribution >= 0.6 is 0 Å². The number of piperazine rings is 1. The lowest BCUT2D eigenvalue weighted by molar-refractivity contribution is -0.131. The second-order valence-electron chi connectivity index (χ2n) is 9.02. The molecule has 1 saturated heterocycles. The highest BCUT2D eigenvalue weighted by molar-refractivity contribution is 5.76. The smallest absolute Gasteiger partial charge is 0.222 e. The van der Waals surface area contributed by atoms with Crippen LogP contribution in [0.15, 0.2) is 48.6 Å². The Balaban J connectivity index is 1.46. The minimum Gasteiger partial charge on any atom is -0.495 e. The van der Waals surface area contributed by atoms with Crippen molar-refractivity contribution in [3.8, 4) is 5.75 Å². The van der Waals surface area contributed by atoms with Gasteiger partial charge in [-0.05, 0) is 50.7 Å². The standard InChI is InChI=1S/C29H46N2O2/c1-3-4-5-6-7-8-9-10-11-12-13-14-15-16-17-22-29(32)31-25-23-30(24-26-31)27-20-18-19-21-28(27)33-2/h7-8,10-11,18-21H,3-6,9,12-17,22-26H2,1-2H3/b8-7-,11-10-. The summed E-state index contributed by atoms with van der Waals surface area (Å²) < 4.78 is 5.48. The highest BCUT2D eigenvalue weighted by atomic mass is 16.5.